The smallest absolute Gasteiger partial charge is 0.383 e. The summed E-state index contributed by atoms with van der Waals surface area (Å²) in [5.74, 6) is 0.192. The first-order valence-electron chi connectivity index (χ1n) is 5.87. The summed E-state index contributed by atoms with van der Waals surface area (Å²) in [6.45, 7) is 0. The molecule has 0 aliphatic heterocycles. The van der Waals surface area contributed by atoms with E-state index in [0.29, 0.717) is 5.65 Å². The van der Waals surface area contributed by atoms with Gasteiger partial charge in [-0.15, -0.1) is 0 Å². The highest BCUT2D eigenvalue weighted by atomic mass is 19.4. The number of hydrogen-bond acceptors (Lipinski definition) is 2. The minimum absolute atomic E-state index is 0.0128. The van der Waals surface area contributed by atoms with Crippen LogP contribution in [0.25, 0.3) is 16.9 Å². The summed E-state index contributed by atoms with van der Waals surface area (Å²) >= 11 is 0. The summed E-state index contributed by atoms with van der Waals surface area (Å²) in [6.07, 6.45) is -2.78. The number of nitrogen functional groups attached to an aromatic ring is 1. The molecule has 0 aliphatic rings. The molecule has 2 N–H and O–H groups in total. The molecule has 0 saturated heterocycles. The molecule has 0 unspecified atom stereocenters. The molecule has 102 valence electrons. The lowest BCUT2D eigenvalue weighted by atomic mass is 10.0. The van der Waals surface area contributed by atoms with Gasteiger partial charge in [0.2, 0.25) is 0 Å². The number of halogens is 3. The van der Waals surface area contributed by atoms with Crippen molar-refractivity contribution in [3.8, 4) is 11.3 Å². The molecule has 0 radical (unpaired) electrons. The van der Waals surface area contributed by atoms with E-state index in [-0.39, 0.29) is 17.1 Å². The van der Waals surface area contributed by atoms with Crippen molar-refractivity contribution in [2.45, 2.75) is 6.18 Å². The highest BCUT2D eigenvalue weighted by Gasteiger charge is 2.34. The van der Waals surface area contributed by atoms with Gasteiger partial charge in [0, 0.05) is 11.8 Å². The third-order valence-corrected chi connectivity index (χ3v) is 3.05. The molecule has 0 spiro atoms. The first-order valence-corrected chi connectivity index (χ1v) is 5.87. The van der Waals surface area contributed by atoms with E-state index in [0.717, 1.165) is 6.07 Å². The molecule has 0 atom stereocenters. The number of pyridine rings is 1. The van der Waals surface area contributed by atoms with Crippen LogP contribution >= 0.6 is 0 Å². The molecule has 2 heterocycles. The summed E-state index contributed by atoms with van der Waals surface area (Å²) in [4.78, 5) is 4.19. The first-order chi connectivity index (χ1) is 9.48. The zero-order valence-corrected chi connectivity index (χ0v) is 10.2. The average molecular weight is 277 g/mol. The molecule has 0 saturated carbocycles. The average Bonchev–Trinajstić information content (AvgIpc) is 2.76. The second-order valence-corrected chi connectivity index (χ2v) is 4.32. The van der Waals surface area contributed by atoms with Crippen LogP contribution in [0.3, 0.4) is 0 Å². The number of alkyl halides is 3. The number of rotatable bonds is 1. The summed E-state index contributed by atoms with van der Waals surface area (Å²) in [5, 5.41) is 0. The van der Waals surface area contributed by atoms with Gasteiger partial charge in [0.1, 0.15) is 17.2 Å². The van der Waals surface area contributed by atoms with Crippen molar-refractivity contribution in [1.29, 1.82) is 0 Å². The van der Waals surface area contributed by atoms with Crippen molar-refractivity contribution in [2.24, 2.45) is 0 Å². The van der Waals surface area contributed by atoms with Crippen molar-refractivity contribution >= 4 is 11.5 Å². The SMILES string of the molecule is Nc1c(-c2ccccc2C(F)(F)F)nc2ccccn12. The van der Waals surface area contributed by atoms with E-state index in [1.807, 2.05) is 0 Å². The quantitative estimate of drug-likeness (QED) is 0.738. The van der Waals surface area contributed by atoms with Crippen molar-refractivity contribution in [1.82, 2.24) is 9.38 Å². The minimum Gasteiger partial charge on any atom is -0.383 e. The molecule has 0 bridgehead atoms. The summed E-state index contributed by atoms with van der Waals surface area (Å²) < 4.78 is 40.7. The van der Waals surface area contributed by atoms with Crippen molar-refractivity contribution < 1.29 is 13.2 Å². The number of imidazole rings is 1. The van der Waals surface area contributed by atoms with Crippen LogP contribution in [-0.4, -0.2) is 9.38 Å². The molecule has 0 amide bonds. The van der Waals surface area contributed by atoms with E-state index < -0.39 is 11.7 Å². The van der Waals surface area contributed by atoms with E-state index in [2.05, 4.69) is 4.98 Å². The number of hydrogen-bond donors (Lipinski definition) is 1. The van der Waals surface area contributed by atoms with Crippen LogP contribution in [0.5, 0.6) is 0 Å². The lowest BCUT2D eigenvalue weighted by molar-refractivity contribution is -0.137. The van der Waals surface area contributed by atoms with E-state index in [9.17, 15) is 13.2 Å². The van der Waals surface area contributed by atoms with Gasteiger partial charge >= 0.3 is 6.18 Å². The Morgan fingerprint density at radius 2 is 1.70 bits per heavy atom. The van der Waals surface area contributed by atoms with Gasteiger partial charge in [0.05, 0.1) is 5.56 Å². The maximum atomic E-state index is 13.0. The van der Waals surface area contributed by atoms with Crippen LogP contribution in [0.1, 0.15) is 5.56 Å². The van der Waals surface area contributed by atoms with Gasteiger partial charge in [-0.2, -0.15) is 13.2 Å². The molecule has 3 nitrogen and oxygen atoms in total. The van der Waals surface area contributed by atoms with Crippen LogP contribution in [0.15, 0.2) is 48.7 Å². The molecule has 0 aliphatic carbocycles. The number of benzene rings is 1. The second-order valence-electron chi connectivity index (χ2n) is 4.32. The number of nitrogens with zero attached hydrogens (tertiary/aromatic N) is 2. The minimum atomic E-state index is -4.45. The van der Waals surface area contributed by atoms with Gasteiger partial charge in [-0.05, 0) is 18.2 Å². The zero-order valence-electron chi connectivity index (χ0n) is 10.2. The topological polar surface area (TPSA) is 43.3 Å². The maximum Gasteiger partial charge on any atom is 0.417 e. The number of nitrogens with two attached hydrogens (primary N) is 1. The van der Waals surface area contributed by atoms with Gasteiger partial charge < -0.3 is 5.73 Å². The Bertz CT molecular complexity index is 775. The third-order valence-electron chi connectivity index (χ3n) is 3.05. The van der Waals surface area contributed by atoms with Crippen molar-refractivity contribution in [3.63, 3.8) is 0 Å². The third kappa shape index (κ3) is 1.89. The molecule has 6 heteroatoms. The highest BCUT2D eigenvalue weighted by Crippen LogP contribution is 2.38. The van der Waals surface area contributed by atoms with E-state index in [1.165, 1.54) is 18.2 Å². The van der Waals surface area contributed by atoms with Crippen LogP contribution in [-0.2, 0) is 6.18 Å². The van der Waals surface area contributed by atoms with E-state index in [1.54, 1.807) is 28.8 Å². The van der Waals surface area contributed by atoms with Gasteiger partial charge in [0.15, 0.2) is 0 Å². The highest BCUT2D eigenvalue weighted by molar-refractivity contribution is 5.77. The summed E-state index contributed by atoms with van der Waals surface area (Å²) in [6, 6.07) is 10.5. The van der Waals surface area contributed by atoms with Crippen LogP contribution in [0.2, 0.25) is 0 Å². The molecule has 3 rings (SSSR count). The molecule has 2 aromatic heterocycles. The zero-order chi connectivity index (χ0) is 14.3. The number of fused-ring (bicyclic) bond motifs is 1. The lowest BCUT2D eigenvalue weighted by Crippen LogP contribution is -2.07. The second kappa shape index (κ2) is 4.26. The summed E-state index contributed by atoms with van der Waals surface area (Å²) in [5.41, 5.74) is 5.82. The molecular formula is C14H10F3N3. The van der Waals surface area contributed by atoms with Crippen molar-refractivity contribution in [3.05, 3.63) is 54.2 Å². The fourth-order valence-corrected chi connectivity index (χ4v) is 2.15. The predicted molar refractivity (Wildman–Crippen MR) is 70.0 cm³/mol. The molecular weight excluding hydrogens is 267 g/mol. The molecule has 1 aromatic carbocycles. The van der Waals surface area contributed by atoms with Gasteiger partial charge in [0.25, 0.3) is 0 Å². The van der Waals surface area contributed by atoms with Gasteiger partial charge in [-0.25, -0.2) is 4.98 Å². The van der Waals surface area contributed by atoms with Gasteiger partial charge in [-0.1, -0.05) is 24.3 Å². The Balaban J connectivity index is 2.29. The fraction of sp³-hybridized carbons (Fsp3) is 0.0714. The molecule has 3 aromatic rings. The van der Waals surface area contributed by atoms with E-state index >= 15 is 0 Å². The Morgan fingerprint density at radius 3 is 2.40 bits per heavy atom. The Hall–Kier alpha value is -2.50. The molecule has 0 fully saturated rings. The monoisotopic (exact) mass is 277 g/mol. The molecule has 20 heavy (non-hydrogen) atoms. The van der Waals surface area contributed by atoms with Gasteiger partial charge in [-0.3, -0.25) is 4.40 Å². The maximum absolute atomic E-state index is 13.0. The number of aromatic nitrogens is 2. The lowest BCUT2D eigenvalue weighted by Gasteiger charge is -2.11. The Kier molecular flexibility index (Phi) is 2.67. The van der Waals surface area contributed by atoms with Crippen LogP contribution in [0, 0.1) is 0 Å². The van der Waals surface area contributed by atoms with Crippen molar-refractivity contribution in [2.75, 3.05) is 5.73 Å². The fourth-order valence-electron chi connectivity index (χ4n) is 2.15. The standard InChI is InChI=1S/C14H10F3N3/c15-14(16,17)10-6-2-1-5-9(10)12-13(18)20-8-4-3-7-11(20)19-12/h1-8H,18H2. The largest absolute Gasteiger partial charge is 0.417 e. The normalized spacial score (nSPS) is 11.9. The predicted octanol–water partition coefficient (Wildman–Crippen LogP) is 3.60. The number of anilines is 1. The van der Waals surface area contributed by atoms with Crippen LogP contribution in [0.4, 0.5) is 19.0 Å². The Labute approximate surface area is 112 Å². The first kappa shape index (κ1) is 12.5. The Morgan fingerprint density at radius 1 is 1.00 bits per heavy atom. The summed E-state index contributed by atoms with van der Waals surface area (Å²) in [7, 11) is 0. The van der Waals surface area contributed by atoms with E-state index in [4.69, 9.17) is 5.73 Å². The van der Waals surface area contributed by atoms with Crippen LogP contribution < -0.4 is 5.73 Å².